The predicted octanol–water partition coefficient (Wildman–Crippen LogP) is 0.955. The van der Waals surface area contributed by atoms with Gasteiger partial charge in [0.25, 0.3) is 5.56 Å². The first-order valence-electron chi connectivity index (χ1n) is 7.40. The van der Waals surface area contributed by atoms with Crippen LogP contribution in [0.15, 0.2) is 47.7 Å². The number of imidazole rings is 1. The van der Waals surface area contributed by atoms with Crippen molar-refractivity contribution >= 4 is 11.5 Å². The number of nitrogens with zero attached hydrogens (tertiary/aromatic N) is 6. The first-order chi connectivity index (χ1) is 10.8. The van der Waals surface area contributed by atoms with E-state index in [0.717, 1.165) is 30.9 Å². The maximum atomic E-state index is 11.8. The van der Waals surface area contributed by atoms with Crippen LogP contribution in [0.4, 0.5) is 5.82 Å². The second-order valence-corrected chi connectivity index (χ2v) is 5.45. The van der Waals surface area contributed by atoms with Gasteiger partial charge in [-0.05, 0) is 31.0 Å². The van der Waals surface area contributed by atoms with Crippen molar-refractivity contribution in [3.63, 3.8) is 0 Å². The molecule has 3 aromatic heterocycles. The molecule has 1 saturated heterocycles. The summed E-state index contributed by atoms with van der Waals surface area (Å²) in [5.74, 6) is 0.914. The van der Waals surface area contributed by atoms with E-state index >= 15 is 0 Å². The molecular weight excluding hydrogens is 280 g/mol. The highest BCUT2D eigenvalue weighted by Gasteiger charge is 2.26. The molecule has 7 heteroatoms. The number of fused-ring (bicyclic) bond motifs is 1. The standard InChI is InChI=1S/C15H16N6O/c22-15-4-1-7-17-21(15)11-12-3-2-9-19(12)14-6-5-13-16-8-10-20(13)18-14/h1,4-8,10,12H,2-3,9,11H2. The van der Waals surface area contributed by atoms with Gasteiger partial charge in [0.1, 0.15) is 5.82 Å². The lowest BCUT2D eigenvalue weighted by atomic mass is 10.2. The molecule has 4 heterocycles. The van der Waals surface area contributed by atoms with Crippen molar-refractivity contribution in [3.05, 3.63) is 53.2 Å². The number of aromatic nitrogens is 5. The summed E-state index contributed by atoms with van der Waals surface area (Å²) < 4.78 is 3.30. The van der Waals surface area contributed by atoms with Crippen molar-refractivity contribution in [3.8, 4) is 0 Å². The Morgan fingerprint density at radius 3 is 3.09 bits per heavy atom. The van der Waals surface area contributed by atoms with Gasteiger partial charge in [-0.1, -0.05) is 0 Å². The maximum Gasteiger partial charge on any atom is 0.266 e. The van der Waals surface area contributed by atoms with E-state index in [1.807, 2.05) is 18.3 Å². The van der Waals surface area contributed by atoms with Gasteiger partial charge in [0, 0.05) is 31.2 Å². The van der Waals surface area contributed by atoms with Gasteiger partial charge in [0.05, 0.1) is 12.6 Å². The van der Waals surface area contributed by atoms with E-state index < -0.39 is 0 Å². The first kappa shape index (κ1) is 13.0. The SMILES string of the molecule is O=c1cccnn1CC1CCCN1c1ccc2nccn2n1. The summed E-state index contributed by atoms with van der Waals surface area (Å²) in [7, 11) is 0. The summed E-state index contributed by atoms with van der Waals surface area (Å²) in [6.45, 7) is 1.53. The molecule has 0 radical (unpaired) electrons. The number of anilines is 1. The molecule has 0 bridgehead atoms. The Hall–Kier alpha value is -2.70. The van der Waals surface area contributed by atoms with Crippen LogP contribution in [-0.4, -0.2) is 37.0 Å². The lowest BCUT2D eigenvalue weighted by molar-refractivity contribution is 0.486. The van der Waals surface area contributed by atoms with E-state index in [0.29, 0.717) is 6.54 Å². The summed E-state index contributed by atoms with van der Waals surface area (Å²) in [4.78, 5) is 18.3. The van der Waals surface area contributed by atoms with Crippen LogP contribution in [0.3, 0.4) is 0 Å². The smallest absolute Gasteiger partial charge is 0.266 e. The maximum absolute atomic E-state index is 11.8. The van der Waals surface area contributed by atoms with Crippen LogP contribution in [0.5, 0.6) is 0 Å². The van der Waals surface area contributed by atoms with Crippen LogP contribution < -0.4 is 10.5 Å². The Morgan fingerprint density at radius 2 is 2.18 bits per heavy atom. The van der Waals surface area contributed by atoms with Crippen LogP contribution in [0.25, 0.3) is 5.65 Å². The average Bonchev–Trinajstić information content (AvgIpc) is 3.17. The average molecular weight is 296 g/mol. The van der Waals surface area contributed by atoms with Crippen LogP contribution in [0.1, 0.15) is 12.8 Å². The van der Waals surface area contributed by atoms with Crippen LogP contribution in [0.2, 0.25) is 0 Å². The molecule has 1 fully saturated rings. The minimum Gasteiger partial charge on any atom is -0.350 e. The monoisotopic (exact) mass is 296 g/mol. The Balaban J connectivity index is 1.63. The summed E-state index contributed by atoms with van der Waals surface area (Å²) in [6, 6.07) is 7.40. The molecule has 0 aliphatic carbocycles. The number of hydrogen-bond donors (Lipinski definition) is 0. The van der Waals surface area contributed by atoms with E-state index in [4.69, 9.17) is 0 Å². The largest absolute Gasteiger partial charge is 0.350 e. The molecule has 0 amide bonds. The molecule has 7 nitrogen and oxygen atoms in total. The van der Waals surface area contributed by atoms with Gasteiger partial charge in [-0.3, -0.25) is 4.79 Å². The highest BCUT2D eigenvalue weighted by molar-refractivity contribution is 5.47. The second kappa shape index (κ2) is 5.25. The Bertz CT molecular complexity index is 854. The van der Waals surface area contributed by atoms with Gasteiger partial charge in [-0.25, -0.2) is 14.2 Å². The molecule has 0 spiro atoms. The fourth-order valence-corrected chi connectivity index (χ4v) is 3.01. The predicted molar refractivity (Wildman–Crippen MR) is 81.9 cm³/mol. The molecular formula is C15H16N6O. The molecule has 0 aromatic carbocycles. The van der Waals surface area contributed by atoms with Crippen molar-refractivity contribution in [2.24, 2.45) is 0 Å². The third kappa shape index (κ3) is 2.24. The van der Waals surface area contributed by atoms with Crippen molar-refractivity contribution < 1.29 is 0 Å². The number of hydrogen-bond acceptors (Lipinski definition) is 5. The molecule has 3 aromatic rings. The minimum absolute atomic E-state index is 0.0626. The van der Waals surface area contributed by atoms with E-state index in [1.54, 1.807) is 29.0 Å². The first-order valence-corrected chi connectivity index (χ1v) is 7.40. The molecule has 4 rings (SSSR count). The van der Waals surface area contributed by atoms with Gasteiger partial charge < -0.3 is 4.90 Å². The molecule has 0 saturated carbocycles. The van der Waals surface area contributed by atoms with Crippen molar-refractivity contribution in [1.29, 1.82) is 0 Å². The van der Waals surface area contributed by atoms with E-state index in [9.17, 15) is 4.79 Å². The molecule has 1 atom stereocenters. The highest BCUT2D eigenvalue weighted by atomic mass is 16.1. The van der Waals surface area contributed by atoms with Gasteiger partial charge in [0.2, 0.25) is 0 Å². The Kier molecular flexibility index (Phi) is 3.10. The fraction of sp³-hybridized carbons (Fsp3) is 0.333. The van der Waals surface area contributed by atoms with Crippen molar-refractivity contribution in [2.45, 2.75) is 25.4 Å². The lowest BCUT2D eigenvalue weighted by Crippen LogP contribution is -2.37. The Morgan fingerprint density at radius 1 is 1.23 bits per heavy atom. The number of rotatable bonds is 3. The minimum atomic E-state index is -0.0626. The van der Waals surface area contributed by atoms with Crippen LogP contribution >= 0.6 is 0 Å². The van der Waals surface area contributed by atoms with Gasteiger partial charge in [0.15, 0.2) is 5.65 Å². The Labute approximate surface area is 126 Å². The molecule has 1 aliphatic rings. The van der Waals surface area contributed by atoms with Gasteiger partial charge >= 0.3 is 0 Å². The van der Waals surface area contributed by atoms with Gasteiger partial charge in [-0.15, -0.1) is 5.10 Å². The zero-order valence-corrected chi connectivity index (χ0v) is 12.0. The molecule has 112 valence electrons. The van der Waals surface area contributed by atoms with Gasteiger partial charge in [-0.2, -0.15) is 5.10 Å². The molecule has 0 N–H and O–H groups in total. The van der Waals surface area contributed by atoms with E-state index in [2.05, 4.69) is 20.1 Å². The van der Waals surface area contributed by atoms with E-state index in [1.165, 1.54) is 4.68 Å². The topological polar surface area (TPSA) is 68.3 Å². The third-order valence-electron chi connectivity index (χ3n) is 4.08. The van der Waals surface area contributed by atoms with Crippen LogP contribution in [0, 0.1) is 0 Å². The second-order valence-electron chi connectivity index (χ2n) is 5.45. The zero-order valence-electron chi connectivity index (χ0n) is 12.0. The molecule has 1 unspecified atom stereocenters. The summed E-state index contributed by atoms with van der Waals surface area (Å²) >= 11 is 0. The lowest BCUT2D eigenvalue weighted by Gasteiger charge is -2.25. The summed E-state index contributed by atoms with van der Waals surface area (Å²) in [6.07, 6.45) is 7.35. The summed E-state index contributed by atoms with van der Waals surface area (Å²) in [5.41, 5.74) is 0.771. The van der Waals surface area contributed by atoms with Crippen LogP contribution in [-0.2, 0) is 6.54 Å². The highest BCUT2D eigenvalue weighted by Crippen LogP contribution is 2.24. The van der Waals surface area contributed by atoms with E-state index in [-0.39, 0.29) is 11.6 Å². The normalized spacial score (nSPS) is 18.2. The molecule has 22 heavy (non-hydrogen) atoms. The third-order valence-corrected chi connectivity index (χ3v) is 4.08. The fourth-order valence-electron chi connectivity index (χ4n) is 3.01. The molecule has 1 aliphatic heterocycles. The van der Waals surface area contributed by atoms with Crippen molar-refractivity contribution in [2.75, 3.05) is 11.4 Å². The zero-order chi connectivity index (χ0) is 14.9. The summed E-state index contributed by atoms with van der Waals surface area (Å²) in [5, 5.41) is 8.76. The van der Waals surface area contributed by atoms with Crippen molar-refractivity contribution in [1.82, 2.24) is 24.4 Å². The quantitative estimate of drug-likeness (QED) is 0.720.